The molecule has 0 saturated carbocycles. The molecular weight excluding hydrogens is 323 g/mol. The molecule has 0 radical (unpaired) electrons. The van der Waals surface area contributed by atoms with Crippen LogP contribution in [0.3, 0.4) is 0 Å². The van der Waals surface area contributed by atoms with Crippen LogP contribution in [0.25, 0.3) is 11.3 Å². The molecule has 0 bridgehead atoms. The summed E-state index contributed by atoms with van der Waals surface area (Å²) in [5.41, 5.74) is 1.28. The molecule has 4 nitrogen and oxygen atoms in total. The maximum Gasteiger partial charge on any atom is 0.291 e. The Morgan fingerprint density at radius 3 is 2.77 bits per heavy atom. The van der Waals surface area contributed by atoms with Gasteiger partial charge < -0.3 is 9.73 Å². The predicted octanol–water partition coefficient (Wildman–Crippen LogP) is 4.32. The second kappa shape index (κ2) is 6.22. The van der Waals surface area contributed by atoms with Gasteiger partial charge in [-0.3, -0.25) is 4.79 Å². The van der Waals surface area contributed by atoms with Crippen molar-refractivity contribution in [3.05, 3.63) is 70.7 Å². The van der Waals surface area contributed by atoms with Gasteiger partial charge in [-0.15, -0.1) is 0 Å². The van der Waals surface area contributed by atoms with E-state index in [2.05, 4.69) is 10.3 Å². The molecule has 1 amide bonds. The lowest BCUT2D eigenvalue weighted by Gasteiger charge is -2.02. The number of nitrogens with one attached hydrogen (secondary N) is 2. The number of benzene rings is 1. The van der Waals surface area contributed by atoms with Crippen LogP contribution in [0.4, 0.5) is 5.69 Å². The number of anilines is 1. The molecule has 0 fully saturated rings. The third-order valence-corrected chi connectivity index (χ3v) is 3.55. The van der Waals surface area contributed by atoms with Gasteiger partial charge in [-0.1, -0.05) is 23.2 Å². The van der Waals surface area contributed by atoms with E-state index >= 15 is 0 Å². The molecule has 0 unspecified atom stereocenters. The van der Waals surface area contributed by atoms with Gasteiger partial charge in [0.05, 0.1) is 5.02 Å². The number of aromatic nitrogens is 1. The van der Waals surface area contributed by atoms with Gasteiger partial charge in [0.1, 0.15) is 11.4 Å². The number of aromatic amines is 1. The Bertz CT molecular complexity index is 816. The summed E-state index contributed by atoms with van der Waals surface area (Å²) in [6, 6.07) is 11.9. The molecule has 6 heteroatoms. The zero-order valence-electron chi connectivity index (χ0n) is 11.3. The summed E-state index contributed by atoms with van der Waals surface area (Å²) in [5, 5.41) is 3.77. The third-order valence-electron chi connectivity index (χ3n) is 2.99. The number of carbonyl (C=O) groups excluding carboxylic acids is 1. The van der Waals surface area contributed by atoms with Crippen LogP contribution >= 0.6 is 23.2 Å². The summed E-state index contributed by atoms with van der Waals surface area (Å²) in [6.45, 7) is 0. The van der Waals surface area contributed by atoms with Crippen LogP contribution in [-0.4, -0.2) is 5.91 Å². The van der Waals surface area contributed by atoms with Gasteiger partial charge in [0.15, 0.2) is 18.2 Å². The van der Waals surface area contributed by atoms with Gasteiger partial charge in [-0.2, -0.15) is 0 Å². The molecule has 2 heterocycles. The fourth-order valence-corrected chi connectivity index (χ4v) is 2.34. The molecule has 0 aliphatic carbocycles. The fraction of sp³-hybridized carbons (Fsp3) is 0. The van der Waals surface area contributed by atoms with Gasteiger partial charge >= 0.3 is 0 Å². The predicted molar refractivity (Wildman–Crippen MR) is 85.1 cm³/mol. The summed E-state index contributed by atoms with van der Waals surface area (Å²) in [5.74, 6) is 0.330. The van der Waals surface area contributed by atoms with Crippen LogP contribution in [-0.2, 0) is 0 Å². The second-order valence-electron chi connectivity index (χ2n) is 4.53. The fourth-order valence-electron chi connectivity index (χ4n) is 1.95. The minimum absolute atomic E-state index is 0.190. The quantitative estimate of drug-likeness (QED) is 0.775. The third kappa shape index (κ3) is 3.13. The van der Waals surface area contributed by atoms with Gasteiger partial charge in [-0.05, 0) is 36.4 Å². The van der Waals surface area contributed by atoms with Crippen LogP contribution in [0, 0.1) is 0 Å². The van der Waals surface area contributed by atoms with Gasteiger partial charge in [0, 0.05) is 16.7 Å². The molecule has 0 aliphatic rings. The van der Waals surface area contributed by atoms with Crippen molar-refractivity contribution in [1.82, 2.24) is 0 Å². The Morgan fingerprint density at radius 1 is 1.14 bits per heavy atom. The number of carbonyl (C=O) groups is 1. The van der Waals surface area contributed by atoms with Crippen molar-refractivity contribution in [2.24, 2.45) is 0 Å². The van der Waals surface area contributed by atoms with E-state index in [4.69, 9.17) is 27.6 Å². The van der Waals surface area contributed by atoms with E-state index in [9.17, 15) is 4.79 Å². The van der Waals surface area contributed by atoms with E-state index in [1.54, 1.807) is 54.9 Å². The van der Waals surface area contributed by atoms with Crippen LogP contribution in [0.2, 0.25) is 10.0 Å². The minimum atomic E-state index is -0.344. The summed E-state index contributed by atoms with van der Waals surface area (Å²) < 4.78 is 5.57. The lowest BCUT2D eigenvalue weighted by atomic mass is 10.2. The first kappa shape index (κ1) is 14.6. The Hall–Kier alpha value is -2.30. The number of rotatable bonds is 3. The minimum Gasteiger partial charge on any atom is -0.451 e. The first-order chi connectivity index (χ1) is 10.6. The maximum absolute atomic E-state index is 12.1. The average Bonchev–Trinajstić information content (AvgIpc) is 3.00. The lowest BCUT2D eigenvalue weighted by molar-refractivity contribution is -0.377. The van der Waals surface area contributed by atoms with E-state index in [1.807, 2.05) is 0 Å². The van der Waals surface area contributed by atoms with E-state index < -0.39 is 0 Å². The topological polar surface area (TPSA) is 56.4 Å². The summed E-state index contributed by atoms with van der Waals surface area (Å²) in [4.78, 5) is 15.0. The van der Waals surface area contributed by atoms with Crippen molar-refractivity contribution in [3.8, 4) is 11.3 Å². The number of hydrogen-bond donors (Lipinski definition) is 1. The zero-order chi connectivity index (χ0) is 15.5. The summed E-state index contributed by atoms with van der Waals surface area (Å²) in [6.07, 6.45) is 3.43. The van der Waals surface area contributed by atoms with Crippen molar-refractivity contribution in [2.75, 3.05) is 5.32 Å². The van der Waals surface area contributed by atoms with Crippen LogP contribution in [0.5, 0.6) is 0 Å². The van der Waals surface area contributed by atoms with E-state index in [0.717, 1.165) is 0 Å². The Kier molecular flexibility index (Phi) is 4.13. The van der Waals surface area contributed by atoms with Gasteiger partial charge in [0.25, 0.3) is 5.91 Å². The van der Waals surface area contributed by atoms with Crippen molar-refractivity contribution in [2.45, 2.75) is 0 Å². The largest absolute Gasteiger partial charge is 0.451 e. The molecular formula is C16H11Cl2N2O2+. The summed E-state index contributed by atoms with van der Waals surface area (Å²) >= 11 is 12.1. The highest BCUT2D eigenvalue weighted by atomic mass is 35.5. The maximum atomic E-state index is 12.1. The van der Waals surface area contributed by atoms with Crippen molar-refractivity contribution in [1.29, 1.82) is 0 Å². The molecule has 0 saturated heterocycles. The summed E-state index contributed by atoms with van der Waals surface area (Å²) in [7, 11) is 0. The number of H-pyrrole nitrogens is 1. The van der Waals surface area contributed by atoms with Crippen molar-refractivity contribution < 1.29 is 14.2 Å². The van der Waals surface area contributed by atoms with Crippen LogP contribution < -0.4 is 10.3 Å². The molecule has 110 valence electrons. The molecule has 2 N–H and O–H groups in total. The SMILES string of the molecule is O=C(Nc1ccc[nH+]c1)c1ccc(-c2cc(Cl)ccc2Cl)o1. The number of furan rings is 1. The normalized spacial score (nSPS) is 10.5. The Balaban J connectivity index is 1.84. The van der Waals surface area contributed by atoms with Gasteiger partial charge in [-0.25, -0.2) is 4.98 Å². The standard InChI is InChI=1S/C16H10Cl2N2O2/c17-10-3-4-13(18)12(8-10)14-5-6-15(22-14)16(21)20-11-2-1-7-19-9-11/h1-9H,(H,20,21)/p+1. The molecule has 0 aliphatic heterocycles. The second-order valence-corrected chi connectivity index (χ2v) is 5.38. The first-order valence-electron chi connectivity index (χ1n) is 6.46. The first-order valence-corrected chi connectivity index (χ1v) is 7.22. The van der Waals surface area contributed by atoms with Crippen molar-refractivity contribution >= 4 is 34.8 Å². The van der Waals surface area contributed by atoms with E-state index in [-0.39, 0.29) is 11.7 Å². The van der Waals surface area contributed by atoms with Crippen molar-refractivity contribution in [3.63, 3.8) is 0 Å². The highest BCUT2D eigenvalue weighted by Crippen LogP contribution is 2.31. The lowest BCUT2D eigenvalue weighted by Crippen LogP contribution is -2.12. The van der Waals surface area contributed by atoms with Crippen LogP contribution in [0.15, 0.2) is 59.3 Å². The van der Waals surface area contributed by atoms with E-state index in [0.29, 0.717) is 27.1 Å². The smallest absolute Gasteiger partial charge is 0.291 e. The Labute approximate surface area is 136 Å². The monoisotopic (exact) mass is 333 g/mol. The molecule has 3 aromatic rings. The molecule has 22 heavy (non-hydrogen) atoms. The van der Waals surface area contributed by atoms with Gasteiger partial charge in [0.2, 0.25) is 0 Å². The zero-order valence-corrected chi connectivity index (χ0v) is 12.8. The van der Waals surface area contributed by atoms with E-state index in [1.165, 1.54) is 0 Å². The Morgan fingerprint density at radius 2 is 2.00 bits per heavy atom. The number of halogens is 2. The van der Waals surface area contributed by atoms with Crippen LogP contribution in [0.1, 0.15) is 10.6 Å². The number of pyridine rings is 1. The molecule has 1 aromatic carbocycles. The number of hydrogen-bond acceptors (Lipinski definition) is 2. The number of amides is 1. The highest BCUT2D eigenvalue weighted by molar-refractivity contribution is 6.35. The highest BCUT2D eigenvalue weighted by Gasteiger charge is 2.15. The molecule has 3 rings (SSSR count). The molecule has 0 spiro atoms. The molecule has 0 atom stereocenters. The average molecular weight is 334 g/mol. The molecule has 2 aromatic heterocycles.